The summed E-state index contributed by atoms with van der Waals surface area (Å²) >= 11 is 0. The lowest BCUT2D eigenvalue weighted by atomic mass is 9.86. The second-order valence-corrected chi connectivity index (χ2v) is 13.8. The Morgan fingerprint density at radius 1 is 0.692 bits per heavy atom. The van der Waals surface area contributed by atoms with Crippen LogP contribution in [0.1, 0.15) is 131 Å². The van der Waals surface area contributed by atoms with Crippen LogP contribution < -0.4 is 0 Å². The van der Waals surface area contributed by atoms with Gasteiger partial charge < -0.3 is 23.2 Å². The van der Waals surface area contributed by atoms with Crippen molar-refractivity contribution in [2.24, 2.45) is 23.7 Å². The van der Waals surface area contributed by atoms with Crippen molar-refractivity contribution in [1.29, 1.82) is 0 Å². The van der Waals surface area contributed by atoms with E-state index in [2.05, 4.69) is 55.8 Å². The lowest BCUT2D eigenvalue weighted by molar-refractivity contribution is -0.870. The zero-order chi connectivity index (χ0) is 29.5. The lowest BCUT2D eigenvalue weighted by Gasteiger charge is -2.23. The largest absolute Gasteiger partial charge is 0.466 e. The third kappa shape index (κ3) is 24.1. The van der Waals surface area contributed by atoms with E-state index in [0.717, 1.165) is 41.6 Å². The van der Waals surface area contributed by atoms with Crippen molar-refractivity contribution >= 4 is 14.6 Å². The number of hydrogen-bond donors (Lipinski definition) is 1. The molecule has 0 aromatic rings. The number of carbonyl (C=O) groups is 1. The van der Waals surface area contributed by atoms with Crippen molar-refractivity contribution in [3.05, 3.63) is 0 Å². The second-order valence-electron chi connectivity index (χ2n) is 12.8. The number of hydrogen-bond acceptors (Lipinski definition) is 5. The summed E-state index contributed by atoms with van der Waals surface area (Å²) in [6, 6.07) is 0. The standard InChI is InChI=1S/C32H67NO5P/c1-9-28(5)17-13-18-29(10-2)19-14-20-30(11-3)21-15-22-31(12-4)27-32(34)36-24-16-25-37-39(35)38-26-23-33(6,7)8/h28-31,35H,9-27H2,1-8H3/q+1. The first-order valence-corrected chi connectivity index (χ1v) is 17.4. The molecule has 0 aromatic heterocycles. The van der Waals surface area contributed by atoms with Gasteiger partial charge in [-0.2, -0.15) is 0 Å². The maximum absolute atomic E-state index is 12.3. The number of nitrogens with zero attached hydrogens (tertiary/aromatic N) is 1. The molecule has 0 rings (SSSR count). The molecule has 0 aromatic carbocycles. The number of rotatable bonds is 27. The number of quaternary nitrogens is 1. The summed E-state index contributed by atoms with van der Waals surface area (Å²) in [4.78, 5) is 22.1. The molecule has 7 heteroatoms. The van der Waals surface area contributed by atoms with E-state index >= 15 is 0 Å². The van der Waals surface area contributed by atoms with Gasteiger partial charge in [-0.05, 0) is 30.1 Å². The Balaban J connectivity index is 4.01. The number of likely N-dealkylation sites (N-methyl/N-ethyl adjacent to an activating group) is 1. The molecule has 39 heavy (non-hydrogen) atoms. The first kappa shape index (κ1) is 38.7. The van der Waals surface area contributed by atoms with Crippen LogP contribution in [0.2, 0.25) is 0 Å². The monoisotopic (exact) mass is 576 g/mol. The van der Waals surface area contributed by atoms with Crippen molar-refractivity contribution in [2.45, 2.75) is 131 Å². The average Bonchev–Trinajstić information content (AvgIpc) is 2.89. The number of ether oxygens (including phenoxy) is 1. The van der Waals surface area contributed by atoms with Crippen LogP contribution in [0.25, 0.3) is 0 Å². The molecule has 0 bridgehead atoms. The van der Waals surface area contributed by atoms with E-state index in [1.807, 2.05) is 0 Å². The van der Waals surface area contributed by atoms with E-state index in [-0.39, 0.29) is 5.97 Å². The molecule has 5 unspecified atom stereocenters. The first-order chi connectivity index (χ1) is 18.5. The average molecular weight is 577 g/mol. The van der Waals surface area contributed by atoms with Gasteiger partial charge >= 0.3 is 14.6 Å². The van der Waals surface area contributed by atoms with Gasteiger partial charge in [0.05, 0.1) is 34.4 Å². The Hall–Kier alpha value is -0.260. The molecule has 0 saturated heterocycles. The molecule has 1 N–H and O–H groups in total. The van der Waals surface area contributed by atoms with E-state index in [1.54, 1.807) is 0 Å². The third-order valence-electron chi connectivity index (χ3n) is 8.36. The highest BCUT2D eigenvalue weighted by atomic mass is 31.2. The van der Waals surface area contributed by atoms with Gasteiger partial charge in [-0.3, -0.25) is 4.79 Å². The molecule has 0 aliphatic rings. The molecule has 0 heterocycles. The molecule has 6 nitrogen and oxygen atoms in total. The molecule has 0 saturated carbocycles. The van der Waals surface area contributed by atoms with Crippen LogP contribution in [0.15, 0.2) is 0 Å². The van der Waals surface area contributed by atoms with Gasteiger partial charge in [-0.25, -0.2) is 0 Å². The summed E-state index contributed by atoms with van der Waals surface area (Å²) < 4.78 is 16.8. The van der Waals surface area contributed by atoms with Crippen LogP contribution >= 0.6 is 8.60 Å². The smallest absolute Gasteiger partial charge is 0.330 e. The van der Waals surface area contributed by atoms with Crippen molar-refractivity contribution in [3.8, 4) is 0 Å². The second kappa shape index (κ2) is 24.3. The van der Waals surface area contributed by atoms with Gasteiger partial charge in [0.25, 0.3) is 0 Å². The fraction of sp³-hybridized carbons (Fsp3) is 0.969. The van der Waals surface area contributed by atoms with Crippen LogP contribution in [0.3, 0.4) is 0 Å². The van der Waals surface area contributed by atoms with E-state index in [9.17, 15) is 9.69 Å². The van der Waals surface area contributed by atoms with E-state index in [1.165, 1.54) is 70.6 Å². The van der Waals surface area contributed by atoms with Gasteiger partial charge in [0.15, 0.2) is 0 Å². The SMILES string of the molecule is CCC(C)CCCC(CC)CCCC(CC)CCCC(CC)CC(=O)OCCCOP(O)OCC[N+](C)(C)C. The maximum Gasteiger partial charge on any atom is 0.330 e. The Bertz CT molecular complexity index is 571. The molecule has 0 aliphatic carbocycles. The Morgan fingerprint density at radius 2 is 1.18 bits per heavy atom. The van der Waals surface area contributed by atoms with Crippen LogP contribution in [0, 0.1) is 23.7 Å². The van der Waals surface area contributed by atoms with Gasteiger partial charge in [-0.1, -0.05) is 112 Å². The van der Waals surface area contributed by atoms with Crippen LogP contribution in [-0.2, 0) is 18.6 Å². The highest BCUT2D eigenvalue weighted by molar-refractivity contribution is 7.40. The van der Waals surface area contributed by atoms with Crippen LogP contribution in [0.5, 0.6) is 0 Å². The highest BCUT2D eigenvalue weighted by Gasteiger charge is 2.16. The number of carbonyl (C=O) groups excluding carboxylic acids is 1. The fourth-order valence-electron chi connectivity index (χ4n) is 5.02. The summed E-state index contributed by atoms with van der Waals surface area (Å²) in [7, 11) is 4.36. The Morgan fingerprint density at radius 3 is 1.67 bits per heavy atom. The van der Waals surface area contributed by atoms with E-state index < -0.39 is 8.60 Å². The Kier molecular flexibility index (Phi) is 24.2. The van der Waals surface area contributed by atoms with Crippen molar-refractivity contribution in [3.63, 3.8) is 0 Å². The zero-order valence-electron chi connectivity index (χ0n) is 27.2. The van der Waals surface area contributed by atoms with Gasteiger partial charge in [0.1, 0.15) is 13.2 Å². The third-order valence-corrected chi connectivity index (χ3v) is 9.17. The van der Waals surface area contributed by atoms with Crippen LogP contribution in [0.4, 0.5) is 0 Å². The lowest BCUT2D eigenvalue weighted by Crippen LogP contribution is -2.37. The normalized spacial score (nSPS) is 16.0. The molecule has 5 atom stereocenters. The molecule has 234 valence electrons. The van der Waals surface area contributed by atoms with Crippen LogP contribution in [-0.4, -0.2) is 62.9 Å². The minimum Gasteiger partial charge on any atom is -0.466 e. The minimum absolute atomic E-state index is 0.113. The summed E-state index contributed by atoms with van der Waals surface area (Å²) in [5.41, 5.74) is 0. The topological polar surface area (TPSA) is 65.0 Å². The number of esters is 1. The zero-order valence-corrected chi connectivity index (χ0v) is 28.1. The molecular formula is C32H67NO5P+. The predicted octanol–water partition coefficient (Wildman–Crippen LogP) is 8.90. The summed E-state index contributed by atoms with van der Waals surface area (Å²) in [5, 5.41) is 0. The molecule has 0 fully saturated rings. The quantitative estimate of drug-likeness (QED) is 0.0458. The maximum atomic E-state index is 12.3. The van der Waals surface area contributed by atoms with E-state index in [0.29, 0.717) is 38.6 Å². The summed E-state index contributed by atoms with van der Waals surface area (Å²) in [5.74, 6) is 2.90. The van der Waals surface area contributed by atoms with Gasteiger partial charge in [-0.15, -0.1) is 0 Å². The molecule has 0 aliphatic heterocycles. The summed E-state index contributed by atoms with van der Waals surface area (Å²) in [6.45, 7) is 13.5. The fourth-order valence-corrected chi connectivity index (χ4v) is 5.62. The highest BCUT2D eigenvalue weighted by Crippen LogP contribution is 2.32. The molecular weight excluding hydrogens is 509 g/mol. The van der Waals surface area contributed by atoms with Gasteiger partial charge in [0, 0.05) is 12.8 Å². The predicted molar refractivity (Wildman–Crippen MR) is 166 cm³/mol. The first-order valence-electron chi connectivity index (χ1n) is 16.2. The summed E-state index contributed by atoms with van der Waals surface area (Å²) in [6.07, 6.45) is 17.9. The molecule has 0 spiro atoms. The molecule has 0 amide bonds. The van der Waals surface area contributed by atoms with E-state index in [4.69, 9.17) is 13.8 Å². The molecule has 0 radical (unpaired) electrons. The van der Waals surface area contributed by atoms with Crippen molar-refractivity contribution in [2.75, 3.05) is 47.5 Å². The van der Waals surface area contributed by atoms with Gasteiger partial charge in [0.2, 0.25) is 0 Å². The Labute approximate surface area is 244 Å². The van der Waals surface area contributed by atoms with Crippen molar-refractivity contribution in [1.82, 2.24) is 0 Å². The minimum atomic E-state index is -1.86. The van der Waals surface area contributed by atoms with Crippen molar-refractivity contribution < 1.29 is 28.0 Å².